The Morgan fingerprint density at radius 1 is 1.48 bits per heavy atom. The number of non-ortho nitro benzene ring substituents is 1. The summed E-state index contributed by atoms with van der Waals surface area (Å²) in [7, 11) is 1.70. The number of hydrogen-bond acceptors (Lipinski definition) is 5. The maximum absolute atomic E-state index is 12.7. The Labute approximate surface area is 128 Å². The predicted molar refractivity (Wildman–Crippen MR) is 85.1 cm³/mol. The first-order valence-corrected chi connectivity index (χ1v) is 7.72. The van der Waals surface area contributed by atoms with Crippen LogP contribution in [0, 0.1) is 10.1 Å². The first kappa shape index (κ1) is 15.6. The molecule has 0 bridgehead atoms. The average molecular weight is 309 g/mol. The number of anilines is 1. The van der Waals surface area contributed by atoms with Crippen LogP contribution in [0.1, 0.15) is 24.2 Å². The van der Waals surface area contributed by atoms with E-state index in [9.17, 15) is 14.9 Å². The molecule has 114 valence electrons. The minimum Gasteiger partial charge on any atom is -0.387 e. The minimum atomic E-state index is -0.480. The van der Waals surface area contributed by atoms with Gasteiger partial charge in [0.1, 0.15) is 0 Å². The van der Waals surface area contributed by atoms with Crippen molar-refractivity contribution in [2.24, 2.45) is 0 Å². The number of nitrogens with one attached hydrogen (secondary N) is 1. The van der Waals surface area contributed by atoms with E-state index < -0.39 is 4.92 Å². The molecule has 1 aliphatic heterocycles. The zero-order valence-corrected chi connectivity index (χ0v) is 13.2. The number of nitro groups is 1. The van der Waals surface area contributed by atoms with Gasteiger partial charge in [-0.05, 0) is 19.9 Å². The topological polar surface area (TPSA) is 75.5 Å². The molecule has 1 amide bonds. The van der Waals surface area contributed by atoms with Gasteiger partial charge >= 0.3 is 0 Å². The van der Waals surface area contributed by atoms with Gasteiger partial charge in [-0.1, -0.05) is 0 Å². The van der Waals surface area contributed by atoms with Crippen molar-refractivity contribution < 1.29 is 9.72 Å². The molecule has 0 atom stereocenters. The molecule has 2 rings (SSSR count). The lowest BCUT2D eigenvalue weighted by Gasteiger charge is -2.37. The number of thioether (sulfide) groups is 1. The van der Waals surface area contributed by atoms with Crippen LogP contribution in [0.4, 0.5) is 11.4 Å². The van der Waals surface area contributed by atoms with E-state index in [1.807, 2.05) is 11.8 Å². The lowest BCUT2D eigenvalue weighted by atomic mass is 10.1. The zero-order chi connectivity index (χ0) is 15.6. The smallest absolute Gasteiger partial charge is 0.270 e. The van der Waals surface area contributed by atoms with Crippen molar-refractivity contribution in [3.05, 3.63) is 33.9 Å². The number of rotatable bonds is 3. The van der Waals surface area contributed by atoms with Crippen LogP contribution in [0.2, 0.25) is 0 Å². The first-order valence-electron chi connectivity index (χ1n) is 6.73. The van der Waals surface area contributed by atoms with Gasteiger partial charge in [0.05, 0.1) is 10.5 Å². The fourth-order valence-corrected chi connectivity index (χ4v) is 3.51. The quantitative estimate of drug-likeness (QED) is 0.686. The molecule has 1 aromatic rings. The Morgan fingerprint density at radius 2 is 2.19 bits per heavy atom. The summed E-state index contributed by atoms with van der Waals surface area (Å²) in [5.41, 5.74) is 0.902. The number of amides is 1. The van der Waals surface area contributed by atoms with Gasteiger partial charge in [0.15, 0.2) is 0 Å². The van der Waals surface area contributed by atoms with Crippen LogP contribution in [0.15, 0.2) is 18.2 Å². The standard InChI is InChI=1S/C14H19N3O3S/c1-14(2)9-16(6-7-21-14)13(18)11-8-10(17(19)20)4-5-12(11)15-3/h4-5,8,15H,6-7,9H2,1-3H3. The van der Waals surface area contributed by atoms with E-state index in [1.54, 1.807) is 18.0 Å². The summed E-state index contributed by atoms with van der Waals surface area (Å²) in [5, 5.41) is 13.8. The van der Waals surface area contributed by atoms with Crippen LogP contribution < -0.4 is 5.32 Å². The van der Waals surface area contributed by atoms with Crippen molar-refractivity contribution >= 4 is 29.0 Å². The highest BCUT2D eigenvalue weighted by Crippen LogP contribution is 2.31. The first-order chi connectivity index (χ1) is 9.84. The van der Waals surface area contributed by atoms with E-state index in [1.165, 1.54) is 12.1 Å². The largest absolute Gasteiger partial charge is 0.387 e. The normalized spacial score (nSPS) is 17.4. The summed E-state index contributed by atoms with van der Waals surface area (Å²) < 4.78 is 0.00836. The van der Waals surface area contributed by atoms with Crippen molar-refractivity contribution in [1.82, 2.24) is 4.90 Å². The second-order valence-electron chi connectivity index (χ2n) is 5.57. The third-order valence-corrected chi connectivity index (χ3v) is 4.72. The highest BCUT2D eigenvalue weighted by atomic mass is 32.2. The fraction of sp³-hybridized carbons (Fsp3) is 0.500. The molecule has 21 heavy (non-hydrogen) atoms. The maximum atomic E-state index is 12.7. The molecule has 0 spiro atoms. The molecule has 1 heterocycles. The van der Waals surface area contributed by atoms with Gasteiger partial charge < -0.3 is 10.2 Å². The van der Waals surface area contributed by atoms with E-state index in [2.05, 4.69) is 19.2 Å². The molecule has 0 unspecified atom stereocenters. The molecular weight excluding hydrogens is 290 g/mol. The fourth-order valence-electron chi connectivity index (χ4n) is 2.40. The Bertz CT molecular complexity index is 575. The Balaban J connectivity index is 2.33. The Hall–Kier alpha value is -1.76. The SMILES string of the molecule is CNc1ccc([N+](=O)[O-])cc1C(=O)N1CCSC(C)(C)C1. The van der Waals surface area contributed by atoms with Crippen molar-refractivity contribution in [2.45, 2.75) is 18.6 Å². The second-order valence-corrected chi connectivity index (χ2v) is 7.37. The van der Waals surface area contributed by atoms with Crippen LogP contribution >= 0.6 is 11.8 Å². The van der Waals surface area contributed by atoms with Crippen molar-refractivity contribution in [2.75, 3.05) is 31.2 Å². The van der Waals surface area contributed by atoms with Gasteiger partial charge in [0, 0.05) is 48.5 Å². The molecular formula is C14H19N3O3S. The van der Waals surface area contributed by atoms with Gasteiger partial charge in [0.25, 0.3) is 11.6 Å². The van der Waals surface area contributed by atoms with Gasteiger partial charge in [-0.2, -0.15) is 11.8 Å². The summed E-state index contributed by atoms with van der Waals surface area (Å²) in [5.74, 6) is 0.721. The molecule has 6 nitrogen and oxygen atoms in total. The van der Waals surface area contributed by atoms with Crippen LogP contribution in [0.25, 0.3) is 0 Å². The summed E-state index contributed by atoms with van der Waals surface area (Å²) >= 11 is 1.84. The third kappa shape index (κ3) is 3.47. The van der Waals surface area contributed by atoms with Gasteiger partial charge in [-0.3, -0.25) is 14.9 Å². The Kier molecular flexibility index (Phi) is 4.41. The molecule has 0 radical (unpaired) electrons. The second kappa shape index (κ2) is 5.93. The summed E-state index contributed by atoms with van der Waals surface area (Å²) in [6.45, 7) is 5.51. The van der Waals surface area contributed by atoms with E-state index >= 15 is 0 Å². The molecule has 0 aromatic heterocycles. The van der Waals surface area contributed by atoms with E-state index in [4.69, 9.17) is 0 Å². The van der Waals surface area contributed by atoms with E-state index in [0.717, 1.165) is 5.75 Å². The number of carbonyl (C=O) groups excluding carboxylic acids is 1. The highest BCUT2D eigenvalue weighted by Gasteiger charge is 2.31. The molecule has 1 saturated heterocycles. The summed E-state index contributed by atoms with van der Waals surface area (Å²) in [4.78, 5) is 24.9. The molecule has 1 N–H and O–H groups in total. The number of carbonyl (C=O) groups is 1. The van der Waals surface area contributed by atoms with E-state index in [-0.39, 0.29) is 16.3 Å². The Morgan fingerprint density at radius 3 is 2.76 bits per heavy atom. The van der Waals surface area contributed by atoms with Crippen molar-refractivity contribution in [3.8, 4) is 0 Å². The maximum Gasteiger partial charge on any atom is 0.270 e. The molecule has 0 saturated carbocycles. The van der Waals surface area contributed by atoms with Crippen LogP contribution in [-0.2, 0) is 0 Å². The third-order valence-electron chi connectivity index (χ3n) is 3.43. The molecule has 0 aliphatic carbocycles. The molecule has 7 heteroatoms. The van der Waals surface area contributed by atoms with Crippen LogP contribution in [0.3, 0.4) is 0 Å². The molecule has 1 aliphatic rings. The number of hydrogen-bond donors (Lipinski definition) is 1. The lowest BCUT2D eigenvalue weighted by molar-refractivity contribution is -0.384. The summed E-state index contributed by atoms with van der Waals surface area (Å²) in [6, 6.07) is 4.33. The van der Waals surface area contributed by atoms with Gasteiger partial charge in [-0.25, -0.2) is 0 Å². The minimum absolute atomic E-state index is 0.00836. The monoisotopic (exact) mass is 309 g/mol. The van der Waals surface area contributed by atoms with Crippen molar-refractivity contribution in [1.29, 1.82) is 0 Å². The lowest BCUT2D eigenvalue weighted by Crippen LogP contribution is -2.46. The summed E-state index contributed by atoms with van der Waals surface area (Å²) in [6.07, 6.45) is 0. The zero-order valence-electron chi connectivity index (χ0n) is 12.4. The number of nitrogens with zero attached hydrogens (tertiary/aromatic N) is 2. The van der Waals surface area contributed by atoms with Gasteiger partial charge in [-0.15, -0.1) is 0 Å². The molecule has 1 aromatic carbocycles. The van der Waals surface area contributed by atoms with Crippen LogP contribution in [-0.4, -0.2) is 46.4 Å². The average Bonchev–Trinajstić information content (AvgIpc) is 2.44. The van der Waals surface area contributed by atoms with Gasteiger partial charge in [0.2, 0.25) is 0 Å². The molecule has 1 fully saturated rings. The number of benzene rings is 1. The predicted octanol–water partition coefficient (Wildman–Crippen LogP) is 2.60. The number of nitro benzene ring substituents is 1. The highest BCUT2D eigenvalue weighted by molar-refractivity contribution is 8.00. The van der Waals surface area contributed by atoms with E-state index in [0.29, 0.717) is 24.3 Å². The van der Waals surface area contributed by atoms with Crippen molar-refractivity contribution in [3.63, 3.8) is 0 Å². The van der Waals surface area contributed by atoms with Crippen LogP contribution in [0.5, 0.6) is 0 Å².